The van der Waals surface area contributed by atoms with Crippen molar-refractivity contribution >= 4 is 0 Å². The highest BCUT2D eigenvalue weighted by atomic mass is 16.7. The molecule has 0 N–H and O–H groups in total. The van der Waals surface area contributed by atoms with E-state index in [1.165, 1.54) is 5.56 Å². The average molecular weight is 391 g/mol. The van der Waals surface area contributed by atoms with Crippen LogP contribution in [0, 0.1) is 0 Å². The van der Waals surface area contributed by atoms with Crippen molar-refractivity contribution in [1.29, 1.82) is 0 Å². The molecular formula is C23H25N3O3. The summed E-state index contributed by atoms with van der Waals surface area (Å²) in [5.41, 5.74) is 3.39. The van der Waals surface area contributed by atoms with Gasteiger partial charge in [-0.05, 0) is 30.2 Å². The SMILES string of the molecule is CCn1cnc(CN2C[C@@H](c3ccccc3)O[C@@H](c3ccc4c(c3)OCO4)C2)c1. The average Bonchev–Trinajstić information content (AvgIpc) is 3.42. The lowest BCUT2D eigenvalue weighted by Gasteiger charge is -2.38. The van der Waals surface area contributed by atoms with Gasteiger partial charge in [0.1, 0.15) is 0 Å². The van der Waals surface area contributed by atoms with Gasteiger partial charge in [-0.2, -0.15) is 0 Å². The van der Waals surface area contributed by atoms with Crippen molar-refractivity contribution in [2.45, 2.75) is 32.2 Å². The van der Waals surface area contributed by atoms with Gasteiger partial charge in [-0.1, -0.05) is 36.4 Å². The summed E-state index contributed by atoms with van der Waals surface area (Å²) in [5, 5.41) is 0. The second kappa shape index (κ2) is 7.89. The zero-order valence-corrected chi connectivity index (χ0v) is 16.5. The summed E-state index contributed by atoms with van der Waals surface area (Å²) in [6, 6.07) is 16.5. The van der Waals surface area contributed by atoms with Crippen molar-refractivity contribution in [3.8, 4) is 11.5 Å². The van der Waals surface area contributed by atoms with Crippen molar-refractivity contribution in [2.24, 2.45) is 0 Å². The third-order valence-corrected chi connectivity index (χ3v) is 5.55. The molecule has 150 valence electrons. The number of hydrogen-bond donors (Lipinski definition) is 0. The zero-order chi connectivity index (χ0) is 19.6. The molecule has 1 aromatic heterocycles. The predicted octanol–water partition coefficient (Wildman–Crippen LogP) is 3.95. The monoisotopic (exact) mass is 391 g/mol. The van der Waals surface area contributed by atoms with Crippen LogP contribution < -0.4 is 9.47 Å². The Morgan fingerprint density at radius 3 is 2.55 bits per heavy atom. The Balaban J connectivity index is 1.41. The summed E-state index contributed by atoms with van der Waals surface area (Å²) >= 11 is 0. The predicted molar refractivity (Wildman–Crippen MR) is 109 cm³/mol. The van der Waals surface area contributed by atoms with Gasteiger partial charge in [-0.25, -0.2) is 4.98 Å². The molecule has 5 rings (SSSR count). The topological polar surface area (TPSA) is 48.8 Å². The van der Waals surface area contributed by atoms with Gasteiger partial charge in [0, 0.05) is 32.4 Å². The van der Waals surface area contributed by atoms with Gasteiger partial charge < -0.3 is 18.8 Å². The van der Waals surface area contributed by atoms with Crippen LogP contribution in [0.25, 0.3) is 0 Å². The summed E-state index contributed by atoms with van der Waals surface area (Å²) in [4.78, 5) is 7.00. The summed E-state index contributed by atoms with van der Waals surface area (Å²) < 4.78 is 19.7. The molecule has 2 aromatic carbocycles. The van der Waals surface area contributed by atoms with Crippen LogP contribution in [-0.2, 0) is 17.8 Å². The highest BCUT2D eigenvalue weighted by Gasteiger charge is 2.31. The van der Waals surface area contributed by atoms with E-state index < -0.39 is 0 Å². The van der Waals surface area contributed by atoms with E-state index in [1.807, 2.05) is 24.5 Å². The Morgan fingerprint density at radius 1 is 0.966 bits per heavy atom. The number of aromatic nitrogens is 2. The molecule has 0 radical (unpaired) electrons. The van der Waals surface area contributed by atoms with E-state index in [0.717, 1.165) is 48.9 Å². The smallest absolute Gasteiger partial charge is 0.231 e. The van der Waals surface area contributed by atoms with Gasteiger partial charge in [0.25, 0.3) is 0 Å². The number of ether oxygens (including phenoxy) is 3. The number of rotatable bonds is 5. The number of imidazole rings is 1. The second-order valence-corrected chi connectivity index (χ2v) is 7.53. The van der Waals surface area contributed by atoms with Gasteiger partial charge in [-0.3, -0.25) is 4.90 Å². The van der Waals surface area contributed by atoms with E-state index in [4.69, 9.17) is 14.2 Å². The van der Waals surface area contributed by atoms with E-state index >= 15 is 0 Å². The van der Waals surface area contributed by atoms with Crippen molar-refractivity contribution in [1.82, 2.24) is 14.5 Å². The molecule has 3 aromatic rings. The first-order chi connectivity index (χ1) is 14.3. The lowest BCUT2D eigenvalue weighted by Crippen LogP contribution is -2.39. The minimum atomic E-state index is -0.0447. The largest absolute Gasteiger partial charge is 0.454 e. The number of nitrogens with zero attached hydrogens (tertiary/aromatic N) is 3. The maximum Gasteiger partial charge on any atom is 0.231 e. The Morgan fingerprint density at radius 2 is 1.76 bits per heavy atom. The summed E-state index contributed by atoms with van der Waals surface area (Å²) in [7, 11) is 0. The molecule has 0 aliphatic carbocycles. The van der Waals surface area contributed by atoms with E-state index in [1.54, 1.807) is 0 Å². The number of hydrogen-bond acceptors (Lipinski definition) is 5. The first-order valence-corrected chi connectivity index (χ1v) is 10.1. The number of aryl methyl sites for hydroxylation is 1. The Labute approximate surface area is 170 Å². The van der Waals surface area contributed by atoms with E-state index in [2.05, 4.69) is 57.9 Å². The third kappa shape index (κ3) is 3.86. The van der Waals surface area contributed by atoms with Crippen LogP contribution in [0.4, 0.5) is 0 Å². The van der Waals surface area contributed by atoms with Gasteiger partial charge in [0.2, 0.25) is 6.79 Å². The summed E-state index contributed by atoms with van der Waals surface area (Å²) in [5.74, 6) is 1.59. The highest BCUT2D eigenvalue weighted by Crippen LogP contribution is 2.38. The molecule has 1 saturated heterocycles. The third-order valence-electron chi connectivity index (χ3n) is 5.55. The summed E-state index contributed by atoms with van der Waals surface area (Å²) in [6.45, 7) is 5.79. The Kier molecular flexibility index (Phi) is 4.96. The van der Waals surface area contributed by atoms with E-state index in [-0.39, 0.29) is 19.0 Å². The van der Waals surface area contributed by atoms with E-state index in [0.29, 0.717) is 0 Å². The number of morpholine rings is 1. The Bertz CT molecular complexity index is 973. The van der Waals surface area contributed by atoms with Gasteiger partial charge in [-0.15, -0.1) is 0 Å². The molecule has 6 heteroatoms. The number of benzene rings is 2. The molecule has 29 heavy (non-hydrogen) atoms. The molecule has 1 fully saturated rings. The minimum absolute atomic E-state index is 0.00799. The molecule has 3 heterocycles. The second-order valence-electron chi connectivity index (χ2n) is 7.53. The van der Waals surface area contributed by atoms with Crippen molar-refractivity contribution in [3.63, 3.8) is 0 Å². The molecule has 2 aliphatic heterocycles. The fourth-order valence-corrected chi connectivity index (χ4v) is 4.00. The van der Waals surface area contributed by atoms with Crippen LogP contribution in [0.3, 0.4) is 0 Å². The quantitative estimate of drug-likeness (QED) is 0.659. The molecule has 0 bridgehead atoms. The standard InChI is InChI=1S/C23H25N3O3/c1-2-25-11-19(24-15-25)12-26-13-22(17-6-4-3-5-7-17)29-23(14-26)18-8-9-20-21(10-18)28-16-27-20/h3-11,15,22-23H,2,12-14,16H2,1H3/t22-,23+/m0/s1. The molecule has 6 nitrogen and oxygen atoms in total. The van der Waals surface area contributed by atoms with Crippen LogP contribution in [-0.4, -0.2) is 34.3 Å². The molecule has 0 amide bonds. The van der Waals surface area contributed by atoms with Crippen molar-refractivity contribution in [3.05, 3.63) is 77.9 Å². The molecule has 2 aliphatic rings. The van der Waals surface area contributed by atoms with E-state index in [9.17, 15) is 0 Å². The normalized spacial score (nSPS) is 21.4. The molecule has 0 spiro atoms. The van der Waals surface area contributed by atoms with Crippen molar-refractivity contribution < 1.29 is 14.2 Å². The van der Waals surface area contributed by atoms with Crippen LogP contribution in [0.5, 0.6) is 11.5 Å². The first-order valence-electron chi connectivity index (χ1n) is 10.1. The van der Waals surface area contributed by atoms with Gasteiger partial charge >= 0.3 is 0 Å². The molecule has 0 unspecified atom stereocenters. The lowest BCUT2D eigenvalue weighted by atomic mass is 10.0. The number of fused-ring (bicyclic) bond motifs is 1. The fourth-order valence-electron chi connectivity index (χ4n) is 4.00. The van der Waals surface area contributed by atoms with Crippen LogP contribution in [0.2, 0.25) is 0 Å². The van der Waals surface area contributed by atoms with Gasteiger partial charge in [0.15, 0.2) is 11.5 Å². The molecule has 2 atom stereocenters. The Hall–Kier alpha value is -2.83. The van der Waals surface area contributed by atoms with Crippen LogP contribution in [0.15, 0.2) is 61.1 Å². The maximum atomic E-state index is 6.55. The van der Waals surface area contributed by atoms with Crippen LogP contribution in [0.1, 0.15) is 36.0 Å². The maximum absolute atomic E-state index is 6.55. The summed E-state index contributed by atoms with van der Waals surface area (Å²) in [6.07, 6.45) is 3.99. The minimum Gasteiger partial charge on any atom is -0.454 e. The first kappa shape index (κ1) is 18.2. The zero-order valence-electron chi connectivity index (χ0n) is 16.5. The molecular weight excluding hydrogens is 366 g/mol. The van der Waals surface area contributed by atoms with Crippen LogP contribution >= 0.6 is 0 Å². The van der Waals surface area contributed by atoms with Gasteiger partial charge in [0.05, 0.1) is 24.2 Å². The lowest BCUT2D eigenvalue weighted by molar-refractivity contribution is -0.0925. The molecule has 0 saturated carbocycles. The van der Waals surface area contributed by atoms with Crippen molar-refractivity contribution in [2.75, 3.05) is 19.9 Å². The highest BCUT2D eigenvalue weighted by molar-refractivity contribution is 5.45. The fraction of sp³-hybridized carbons (Fsp3) is 0.348.